The van der Waals surface area contributed by atoms with Gasteiger partial charge in [0.25, 0.3) is 0 Å². The highest BCUT2D eigenvalue weighted by atomic mass is 32.2. The number of aliphatic hydroxyl groups is 2. The van der Waals surface area contributed by atoms with Crippen molar-refractivity contribution < 1.29 is 14.9 Å². The van der Waals surface area contributed by atoms with Crippen LogP contribution in [0.25, 0.3) is 0 Å². The molecule has 0 bridgehead atoms. The second-order valence-electron chi connectivity index (χ2n) is 4.00. The molecule has 0 spiro atoms. The molecule has 1 heterocycles. The maximum absolute atomic E-state index is 9.88. The van der Waals surface area contributed by atoms with E-state index in [4.69, 9.17) is 10.00 Å². The molecule has 1 fully saturated rings. The maximum atomic E-state index is 9.88. The Kier molecular flexibility index (Phi) is 4.40. The smallest absolute Gasteiger partial charge is 0.148 e. The lowest BCUT2D eigenvalue weighted by atomic mass is 10.1. The molecule has 2 N–H and O–H groups in total. The van der Waals surface area contributed by atoms with Crippen molar-refractivity contribution in [2.75, 3.05) is 5.75 Å². The van der Waals surface area contributed by atoms with Gasteiger partial charge in [0.15, 0.2) is 0 Å². The second kappa shape index (κ2) is 5.85. The molecule has 1 aromatic carbocycles. The second-order valence-corrected chi connectivity index (χ2v) is 6.08. The standard InChI is InChI=1S/C12H13NO3S2/c13-5-7-1-3-8(4-2-7)16-11-10(15)9(14)6-18-12(11)17/h1-4,9-12,14-15,17H,6H2/t9-,10+,11-,12-/m1/s1. The average molecular weight is 283 g/mol. The van der Waals surface area contributed by atoms with Gasteiger partial charge in [0.05, 0.1) is 22.3 Å². The van der Waals surface area contributed by atoms with E-state index >= 15 is 0 Å². The molecular weight excluding hydrogens is 270 g/mol. The third-order valence-electron chi connectivity index (χ3n) is 2.71. The van der Waals surface area contributed by atoms with E-state index in [0.717, 1.165) is 0 Å². The number of benzene rings is 1. The Morgan fingerprint density at radius 1 is 1.33 bits per heavy atom. The van der Waals surface area contributed by atoms with E-state index in [1.165, 1.54) is 11.8 Å². The van der Waals surface area contributed by atoms with Gasteiger partial charge in [0, 0.05) is 5.75 Å². The molecule has 0 aliphatic carbocycles. The molecule has 0 saturated carbocycles. The lowest BCUT2D eigenvalue weighted by molar-refractivity contribution is -0.0372. The van der Waals surface area contributed by atoms with Crippen LogP contribution in [0.2, 0.25) is 0 Å². The molecule has 0 amide bonds. The molecule has 0 radical (unpaired) electrons. The van der Waals surface area contributed by atoms with Gasteiger partial charge in [-0.05, 0) is 24.3 Å². The summed E-state index contributed by atoms with van der Waals surface area (Å²) in [7, 11) is 0. The third kappa shape index (κ3) is 2.93. The van der Waals surface area contributed by atoms with Crippen molar-refractivity contribution in [1.82, 2.24) is 0 Å². The van der Waals surface area contributed by atoms with Gasteiger partial charge in [-0.3, -0.25) is 0 Å². The minimum Gasteiger partial charge on any atom is -0.486 e. The highest BCUT2D eigenvalue weighted by molar-refractivity contribution is 8.10. The quantitative estimate of drug-likeness (QED) is 0.707. The van der Waals surface area contributed by atoms with Crippen molar-refractivity contribution in [3.05, 3.63) is 29.8 Å². The van der Waals surface area contributed by atoms with E-state index in [-0.39, 0.29) is 4.58 Å². The number of hydrogen-bond donors (Lipinski definition) is 3. The first kappa shape index (κ1) is 13.6. The Morgan fingerprint density at radius 2 is 2.00 bits per heavy atom. The summed E-state index contributed by atoms with van der Waals surface area (Å²) in [5.41, 5.74) is 0.545. The lowest BCUT2D eigenvalue weighted by Gasteiger charge is -2.35. The Labute approximate surface area is 115 Å². The molecular formula is C12H13NO3S2. The molecule has 96 valence electrons. The number of thiol groups is 1. The van der Waals surface area contributed by atoms with E-state index in [1.807, 2.05) is 6.07 Å². The molecule has 4 atom stereocenters. The fourth-order valence-corrected chi connectivity index (χ4v) is 3.16. The Morgan fingerprint density at radius 3 is 2.61 bits per heavy atom. The van der Waals surface area contributed by atoms with Crippen LogP contribution in [0.15, 0.2) is 24.3 Å². The SMILES string of the molecule is N#Cc1ccc(O[C@@H]2[C@@H](O)[C@H](O)CS[C@H]2S)cc1. The predicted molar refractivity (Wildman–Crippen MR) is 72.8 cm³/mol. The van der Waals surface area contributed by atoms with Crippen LogP contribution in [0.5, 0.6) is 5.75 Å². The Balaban J connectivity index is 2.09. The Bertz CT molecular complexity index is 446. The van der Waals surface area contributed by atoms with Crippen LogP contribution < -0.4 is 4.74 Å². The summed E-state index contributed by atoms with van der Waals surface area (Å²) in [6.07, 6.45) is -2.33. The summed E-state index contributed by atoms with van der Waals surface area (Å²) in [6, 6.07) is 8.63. The fraction of sp³-hybridized carbons (Fsp3) is 0.417. The number of aliphatic hydroxyl groups excluding tert-OH is 2. The van der Waals surface area contributed by atoms with Crippen molar-refractivity contribution in [3.63, 3.8) is 0 Å². The molecule has 1 aliphatic heterocycles. The summed E-state index contributed by atoms with van der Waals surface area (Å²) in [5, 5.41) is 28.2. The third-order valence-corrected chi connectivity index (χ3v) is 4.59. The first-order valence-corrected chi connectivity index (χ1v) is 7.01. The zero-order chi connectivity index (χ0) is 13.1. The van der Waals surface area contributed by atoms with Crippen molar-refractivity contribution in [2.45, 2.75) is 22.9 Å². The van der Waals surface area contributed by atoms with Crippen LogP contribution in [0, 0.1) is 11.3 Å². The van der Waals surface area contributed by atoms with Gasteiger partial charge in [-0.15, -0.1) is 11.8 Å². The number of nitrogens with zero attached hydrogens (tertiary/aromatic N) is 1. The van der Waals surface area contributed by atoms with Gasteiger partial charge in [-0.1, -0.05) is 0 Å². The summed E-state index contributed by atoms with van der Waals surface area (Å²) in [6.45, 7) is 0. The summed E-state index contributed by atoms with van der Waals surface area (Å²) in [4.78, 5) is 0. The summed E-state index contributed by atoms with van der Waals surface area (Å²) >= 11 is 5.78. The molecule has 1 saturated heterocycles. The maximum Gasteiger partial charge on any atom is 0.148 e. The van der Waals surface area contributed by atoms with Crippen molar-refractivity contribution in [3.8, 4) is 11.8 Å². The fourth-order valence-electron chi connectivity index (χ4n) is 1.67. The average Bonchev–Trinajstić information content (AvgIpc) is 2.40. The number of ether oxygens (including phenoxy) is 1. The zero-order valence-electron chi connectivity index (χ0n) is 9.43. The molecule has 18 heavy (non-hydrogen) atoms. The molecule has 0 unspecified atom stereocenters. The van der Waals surface area contributed by atoms with Crippen LogP contribution in [0.4, 0.5) is 0 Å². The molecule has 6 heteroatoms. The van der Waals surface area contributed by atoms with Gasteiger partial charge in [0.2, 0.25) is 0 Å². The number of rotatable bonds is 2. The van der Waals surface area contributed by atoms with E-state index in [0.29, 0.717) is 17.1 Å². The normalized spacial score (nSPS) is 31.7. The van der Waals surface area contributed by atoms with E-state index in [9.17, 15) is 10.2 Å². The largest absolute Gasteiger partial charge is 0.486 e. The predicted octanol–water partition coefficient (Wildman–Crippen LogP) is 1.03. The van der Waals surface area contributed by atoms with Gasteiger partial charge >= 0.3 is 0 Å². The molecule has 1 aromatic rings. The minimum atomic E-state index is -0.954. The lowest BCUT2D eigenvalue weighted by Crippen LogP contribution is -2.50. The molecule has 4 nitrogen and oxygen atoms in total. The number of thioether (sulfide) groups is 1. The van der Waals surface area contributed by atoms with Gasteiger partial charge in [-0.2, -0.15) is 17.9 Å². The minimum absolute atomic E-state index is 0.195. The van der Waals surface area contributed by atoms with E-state index in [1.54, 1.807) is 24.3 Å². The van der Waals surface area contributed by atoms with Crippen LogP contribution in [-0.4, -0.2) is 38.9 Å². The van der Waals surface area contributed by atoms with Gasteiger partial charge < -0.3 is 14.9 Å². The van der Waals surface area contributed by atoms with Crippen LogP contribution in [0.3, 0.4) is 0 Å². The van der Waals surface area contributed by atoms with E-state index < -0.39 is 18.3 Å². The van der Waals surface area contributed by atoms with Gasteiger partial charge in [0.1, 0.15) is 18.0 Å². The first-order valence-electron chi connectivity index (χ1n) is 5.44. The number of hydrogen-bond acceptors (Lipinski definition) is 6. The van der Waals surface area contributed by atoms with E-state index in [2.05, 4.69) is 12.6 Å². The van der Waals surface area contributed by atoms with Crippen molar-refractivity contribution >= 4 is 24.4 Å². The first-order chi connectivity index (χ1) is 8.61. The monoisotopic (exact) mass is 283 g/mol. The zero-order valence-corrected chi connectivity index (χ0v) is 11.1. The molecule has 0 aromatic heterocycles. The summed E-state index contributed by atoms with van der Waals surface area (Å²) < 4.78 is 5.44. The molecule has 1 aliphatic rings. The highest BCUT2D eigenvalue weighted by Crippen LogP contribution is 2.32. The number of nitriles is 1. The topological polar surface area (TPSA) is 73.5 Å². The van der Waals surface area contributed by atoms with Crippen LogP contribution >= 0.6 is 24.4 Å². The van der Waals surface area contributed by atoms with Crippen LogP contribution in [-0.2, 0) is 0 Å². The van der Waals surface area contributed by atoms with Gasteiger partial charge in [-0.25, -0.2) is 0 Å². The summed E-state index contributed by atoms with van der Waals surface area (Å²) in [5.74, 6) is 0.995. The van der Waals surface area contributed by atoms with Crippen molar-refractivity contribution in [2.24, 2.45) is 0 Å². The van der Waals surface area contributed by atoms with Crippen molar-refractivity contribution in [1.29, 1.82) is 5.26 Å². The van der Waals surface area contributed by atoms with Crippen LogP contribution in [0.1, 0.15) is 5.56 Å². The molecule has 2 rings (SSSR count). The Hall–Kier alpha value is -0.870. The highest BCUT2D eigenvalue weighted by Gasteiger charge is 2.38.